The summed E-state index contributed by atoms with van der Waals surface area (Å²) in [6.07, 6.45) is 1.55. The van der Waals surface area contributed by atoms with Gasteiger partial charge in [-0.3, -0.25) is 0 Å². The fraction of sp³-hybridized carbons (Fsp3) is 0.375. The minimum atomic E-state index is 0.378. The van der Waals surface area contributed by atoms with Gasteiger partial charge in [0.15, 0.2) is 0 Å². The standard InChI is InChI=1S/C8H10N4O2/c1-5-4-13-8(10-5)7-11-6(3-9-2)14-12-7/h4,9H,3H2,1-2H3. The molecule has 0 amide bonds. The Labute approximate surface area is 80.3 Å². The van der Waals surface area contributed by atoms with Gasteiger partial charge in [0.25, 0.3) is 11.7 Å². The first kappa shape index (κ1) is 8.89. The Balaban J connectivity index is 2.24. The van der Waals surface area contributed by atoms with Gasteiger partial charge in [-0.2, -0.15) is 4.98 Å². The van der Waals surface area contributed by atoms with Gasteiger partial charge in [-0.15, -0.1) is 0 Å². The zero-order chi connectivity index (χ0) is 9.97. The monoisotopic (exact) mass is 194 g/mol. The number of hydrogen-bond acceptors (Lipinski definition) is 6. The lowest BCUT2D eigenvalue weighted by Crippen LogP contribution is -2.04. The lowest BCUT2D eigenvalue weighted by atomic mass is 10.5. The Kier molecular flexibility index (Phi) is 2.28. The van der Waals surface area contributed by atoms with Gasteiger partial charge in [0.1, 0.15) is 6.26 Å². The van der Waals surface area contributed by atoms with Crippen LogP contribution in [-0.2, 0) is 6.54 Å². The molecule has 0 aliphatic carbocycles. The van der Waals surface area contributed by atoms with Crippen LogP contribution in [0.2, 0.25) is 0 Å². The molecule has 6 nitrogen and oxygen atoms in total. The predicted molar refractivity (Wildman–Crippen MR) is 47.3 cm³/mol. The lowest BCUT2D eigenvalue weighted by Gasteiger charge is -1.86. The second kappa shape index (κ2) is 3.59. The topological polar surface area (TPSA) is 77.0 Å². The van der Waals surface area contributed by atoms with E-state index in [0.717, 1.165) is 5.69 Å². The number of rotatable bonds is 3. The van der Waals surface area contributed by atoms with Crippen LogP contribution in [0.25, 0.3) is 11.7 Å². The van der Waals surface area contributed by atoms with E-state index in [-0.39, 0.29) is 0 Å². The molecule has 74 valence electrons. The van der Waals surface area contributed by atoms with E-state index in [1.54, 1.807) is 13.3 Å². The van der Waals surface area contributed by atoms with E-state index in [4.69, 9.17) is 8.94 Å². The molecule has 0 radical (unpaired) electrons. The van der Waals surface area contributed by atoms with Crippen molar-refractivity contribution in [2.75, 3.05) is 7.05 Å². The zero-order valence-corrected chi connectivity index (χ0v) is 7.94. The molecule has 2 rings (SSSR count). The smallest absolute Gasteiger partial charge is 0.268 e. The van der Waals surface area contributed by atoms with E-state index in [2.05, 4.69) is 20.4 Å². The molecular weight excluding hydrogens is 184 g/mol. The second-order valence-corrected chi connectivity index (χ2v) is 2.84. The Bertz CT molecular complexity index is 420. The molecular formula is C8H10N4O2. The molecule has 2 heterocycles. The van der Waals surface area contributed by atoms with Gasteiger partial charge in [-0.05, 0) is 14.0 Å². The van der Waals surface area contributed by atoms with Crippen LogP contribution >= 0.6 is 0 Å². The molecule has 1 N–H and O–H groups in total. The molecule has 0 saturated carbocycles. The molecule has 0 spiro atoms. The Morgan fingerprint density at radius 2 is 2.29 bits per heavy atom. The highest BCUT2D eigenvalue weighted by atomic mass is 16.5. The van der Waals surface area contributed by atoms with E-state index in [1.165, 1.54) is 0 Å². The molecule has 0 aliphatic rings. The van der Waals surface area contributed by atoms with Crippen molar-refractivity contribution in [3.8, 4) is 11.7 Å². The summed E-state index contributed by atoms with van der Waals surface area (Å²) in [5.74, 6) is 1.27. The van der Waals surface area contributed by atoms with Crippen molar-refractivity contribution in [3.63, 3.8) is 0 Å². The normalized spacial score (nSPS) is 10.7. The van der Waals surface area contributed by atoms with Gasteiger partial charge < -0.3 is 14.3 Å². The molecule has 0 atom stereocenters. The Morgan fingerprint density at radius 1 is 1.43 bits per heavy atom. The van der Waals surface area contributed by atoms with Crippen LogP contribution in [0.5, 0.6) is 0 Å². The summed E-state index contributed by atoms with van der Waals surface area (Å²) in [7, 11) is 1.80. The third kappa shape index (κ3) is 1.64. The molecule has 2 aromatic heterocycles. The summed E-state index contributed by atoms with van der Waals surface area (Å²) >= 11 is 0. The van der Waals surface area contributed by atoms with Gasteiger partial charge in [-0.25, -0.2) is 4.98 Å². The summed E-state index contributed by atoms with van der Waals surface area (Å²) in [6, 6.07) is 0. The summed E-state index contributed by atoms with van der Waals surface area (Å²) in [5.41, 5.74) is 0.792. The van der Waals surface area contributed by atoms with E-state index in [9.17, 15) is 0 Å². The van der Waals surface area contributed by atoms with Gasteiger partial charge >= 0.3 is 0 Å². The number of hydrogen-bond donors (Lipinski definition) is 1. The third-order valence-corrected chi connectivity index (χ3v) is 1.61. The van der Waals surface area contributed by atoms with E-state index < -0.39 is 0 Å². The number of nitrogens with zero attached hydrogens (tertiary/aromatic N) is 3. The molecule has 0 bridgehead atoms. The summed E-state index contributed by atoms with van der Waals surface area (Å²) in [6.45, 7) is 2.37. The molecule has 0 fully saturated rings. The zero-order valence-electron chi connectivity index (χ0n) is 7.94. The van der Waals surface area contributed by atoms with Crippen molar-refractivity contribution < 1.29 is 8.94 Å². The maximum absolute atomic E-state index is 5.13. The van der Waals surface area contributed by atoms with Crippen molar-refractivity contribution in [2.24, 2.45) is 0 Å². The van der Waals surface area contributed by atoms with E-state index >= 15 is 0 Å². The quantitative estimate of drug-likeness (QED) is 0.776. The van der Waals surface area contributed by atoms with Gasteiger partial charge in [0.05, 0.1) is 12.2 Å². The molecule has 2 aromatic rings. The molecule has 0 aliphatic heterocycles. The second-order valence-electron chi connectivity index (χ2n) is 2.84. The highest BCUT2D eigenvalue weighted by Gasteiger charge is 2.12. The van der Waals surface area contributed by atoms with Crippen LogP contribution in [0.3, 0.4) is 0 Å². The van der Waals surface area contributed by atoms with Crippen LogP contribution < -0.4 is 5.32 Å². The number of nitrogens with one attached hydrogen (secondary N) is 1. The first-order valence-corrected chi connectivity index (χ1v) is 4.19. The van der Waals surface area contributed by atoms with Crippen LogP contribution in [-0.4, -0.2) is 22.2 Å². The summed E-state index contributed by atoms with van der Waals surface area (Å²) < 4.78 is 10.1. The van der Waals surface area contributed by atoms with E-state index in [1.807, 2.05) is 6.92 Å². The van der Waals surface area contributed by atoms with Crippen molar-refractivity contribution in [2.45, 2.75) is 13.5 Å². The number of oxazole rings is 1. The number of aryl methyl sites for hydroxylation is 1. The van der Waals surface area contributed by atoms with Gasteiger partial charge in [-0.1, -0.05) is 5.16 Å². The average Bonchev–Trinajstić information content (AvgIpc) is 2.74. The van der Waals surface area contributed by atoms with Gasteiger partial charge in [0.2, 0.25) is 5.89 Å². The molecule has 6 heteroatoms. The van der Waals surface area contributed by atoms with Crippen LogP contribution in [0, 0.1) is 6.92 Å². The van der Waals surface area contributed by atoms with Crippen molar-refractivity contribution in [1.29, 1.82) is 0 Å². The van der Waals surface area contributed by atoms with Crippen molar-refractivity contribution in [3.05, 3.63) is 17.8 Å². The number of aromatic nitrogens is 3. The maximum Gasteiger partial charge on any atom is 0.268 e. The Hall–Kier alpha value is -1.69. The van der Waals surface area contributed by atoms with Crippen LogP contribution in [0.4, 0.5) is 0 Å². The molecule has 0 unspecified atom stereocenters. The third-order valence-electron chi connectivity index (χ3n) is 1.61. The van der Waals surface area contributed by atoms with Crippen LogP contribution in [0.1, 0.15) is 11.6 Å². The van der Waals surface area contributed by atoms with Crippen molar-refractivity contribution in [1.82, 2.24) is 20.4 Å². The molecule has 0 saturated heterocycles. The Morgan fingerprint density at radius 3 is 2.93 bits per heavy atom. The van der Waals surface area contributed by atoms with Crippen molar-refractivity contribution >= 4 is 0 Å². The first-order chi connectivity index (χ1) is 6.79. The predicted octanol–water partition coefficient (Wildman–Crippen LogP) is 0.752. The minimum Gasteiger partial charge on any atom is -0.442 e. The maximum atomic E-state index is 5.13. The summed E-state index contributed by atoms with van der Waals surface area (Å²) in [4.78, 5) is 8.17. The molecule has 14 heavy (non-hydrogen) atoms. The molecule has 0 aromatic carbocycles. The van der Waals surface area contributed by atoms with E-state index in [0.29, 0.717) is 24.2 Å². The highest BCUT2D eigenvalue weighted by molar-refractivity contribution is 5.38. The van der Waals surface area contributed by atoms with Gasteiger partial charge in [0, 0.05) is 0 Å². The summed E-state index contributed by atoms with van der Waals surface area (Å²) in [5, 5.41) is 6.64. The minimum absolute atomic E-state index is 0.378. The first-order valence-electron chi connectivity index (χ1n) is 4.19. The average molecular weight is 194 g/mol. The van der Waals surface area contributed by atoms with Crippen LogP contribution in [0.15, 0.2) is 15.2 Å². The lowest BCUT2D eigenvalue weighted by molar-refractivity contribution is 0.371. The highest BCUT2D eigenvalue weighted by Crippen LogP contribution is 2.14. The fourth-order valence-electron chi connectivity index (χ4n) is 1.02. The largest absolute Gasteiger partial charge is 0.442 e. The fourth-order valence-corrected chi connectivity index (χ4v) is 1.02. The SMILES string of the molecule is CNCc1nc(-c2nc(C)co2)no1.